The normalized spacial score (nSPS) is 18.6. The molecule has 2 N–H and O–H groups in total. The highest BCUT2D eigenvalue weighted by Gasteiger charge is 2.34. The Balaban J connectivity index is 2.20. The molecule has 0 atom stereocenters. The molecule has 96 valence electrons. The molecule has 3 heteroatoms. The standard InChI is InChI=1S/C15H19ClN2/c1-18-7-4-12-13(16)8-11(9-14(12)18)15(10-17)5-2-3-6-15/h4,7-9H,2-3,5-6,10,17H2,1H3. The van der Waals surface area contributed by atoms with E-state index < -0.39 is 0 Å². The highest BCUT2D eigenvalue weighted by Crippen LogP contribution is 2.42. The van der Waals surface area contributed by atoms with Gasteiger partial charge in [-0.1, -0.05) is 24.4 Å². The van der Waals surface area contributed by atoms with Gasteiger partial charge in [0.1, 0.15) is 0 Å². The number of benzene rings is 1. The second kappa shape index (κ2) is 4.29. The summed E-state index contributed by atoms with van der Waals surface area (Å²) in [5.74, 6) is 0. The van der Waals surface area contributed by atoms with Crippen molar-refractivity contribution in [2.45, 2.75) is 31.1 Å². The lowest BCUT2D eigenvalue weighted by molar-refractivity contribution is 0.453. The van der Waals surface area contributed by atoms with Crippen LogP contribution in [0.2, 0.25) is 5.02 Å². The van der Waals surface area contributed by atoms with Crippen molar-refractivity contribution in [3.63, 3.8) is 0 Å². The van der Waals surface area contributed by atoms with Gasteiger partial charge in [0.15, 0.2) is 0 Å². The van der Waals surface area contributed by atoms with Gasteiger partial charge in [-0.05, 0) is 36.6 Å². The summed E-state index contributed by atoms with van der Waals surface area (Å²) in [5, 5.41) is 1.98. The van der Waals surface area contributed by atoms with E-state index in [1.807, 2.05) is 0 Å². The average Bonchev–Trinajstić information content (AvgIpc) is 2.98. The predicted octanol–water partition coefficient (Wildman–Crippen LogP) is 3.60. The van der Waals surface area contributed by atoms with Crippen molar-refractivity contribution in [1.82, 2.24) is 4.57 Å². The first-order valence-corrected chi connectivity index (χ1v) is 6.99. The fourth-order valence-electron chi connectivity index (χ4n) is 3.30. The van der Waals surface area contributed by atoms with E-state index in [1.165, 1.54) is 36.8 Å². The maximum Gasteiger partial charge on any atom is 0.0502 e. The molecule has 0 unspecified atom stereocenters. The molecule has 1 heterocycles. The number of aromatic nitrogens is 1. The van der Waals surface area contributed by atoms with Gasteiger partial charge in [-0.15, -0.1) is 0 Å². The van der Waals surface area contributed by atoms with Crippen LogP contribution >= 0.6 is 11.6 Å². The van der Waals surface area contributed by atoms with Crippen LogP contribution in [0, 0.1) is 0 Å². The number of aryl methyl sites for hydroxylation is 1. The number of hydrogen-bond acceptors (Lipinski definition) is 1. The number of rotatable bonds is 2. The van der Waals surface area contributed by atoms with Gasteiger partial charge in [0.25, 0.3) is 0 Å². The molecule has 0 bridgehead atoms. The minimum atomic E-state index is 0.155. The summed E-state index contributed by atoms with van der Waals surface area (Å²) in [5.41, 5.74) is 8.74. The molecular formula is C15H19ClN2. The molecule has 1 aliphatic carbocycles. The molecular weight excluding hydrogens is 244 g/mol. The van der Waals surface area contributed by atoms with Crippen LogP contribution in [-0.4, -0.2) is 11.1 Å². The Kier molecular flexibility index (Phi) is 2.87. The molecule has 18 heavy (non-hydrogen) atoms. The van der Waals surface area contributed by atoms with E-state index in [0.29, 0.717) is 0 Å². The largest absolute Gasteiger partial charge is 0.350 e. The van der Waals surface area contributed by atoms with Gasteiger partial charge < -0.3 is 10.3 Å². The van der Waals surface area contributed by atoms with Crippen molar-refractivity contribution >= 4 is 22.5 Å². The molecule has 0 spiro atoms. The zero-order chi connectivity index (χ0) is 12.8. The third kappa shape index (κ3) is 1.67. The van der Waals surface area contributed by atoms with Crippen molar-refractivity contribution in [1.29, 1.82) is 0 Å². The molecule has 2 aromatic rings. The van der Waals surface area contributed by atoms with Crippen molar-refractivity contribution in [2.75, 3.05) is 6.54 Å². The van der Waals surface area contributed by atoms with E-state index in [-0.39, 0.29) is 5.41 Å². The Morgan fingerprint density at radius 1 is 1.33 bits per heavy atom. The summed E-state index contributed by atoms with van der Waals surface area (Å²) < 4.78 is 2.13. The average molecular weight is 263 g/mol. The first kappa shape index (κ1) is 12.1. The Labute approximate surface area is 113 Å². The molecule has 1 aromatic carbocycles. The Bertz CT molecular complexity index is 579. The lowest BCUT2D eigenvalue weighted by Gasteiger charge is -2.28. The van der Waals surface area contributed by atoms with Crippen LogP contribution in [0.1, 0.15) is 31.2 Å². The maximum absolute atomic E-state index is 6.42. The van der Waals surface area contributed by atoms with E-state index in [4.69, 9.17) is 17.3 Å². The Morgan fingerprint density at radius 3 is 2.72 bits per heavy atom. The number of nitrogens with two attached hydrogens (primary N) is 1. The van der Waals surface area contributed by atoms with Crippen LogP contribution in [0.5, 0.6) is 0 Å². The molecule has 0 amide bonds. The van der Waals surface area contributed by atoms with Crippen molar-refractivity contribution < 1.29 is 0 Å². The van der Waals surface area contributed by atoms with Crippen molar-refractivity contribution in [3.8, 4) is 0 Å². The fourth-order valence-corrected chi connectivity index (χ4v) is 3.57. The highest BCUT2D eigenvalue weighted by molar-refractivity contribution is 6.35. The van der Waals surface area contributed by atoms with E-state index in [9.17, 15) is 0 Å². The molecule has 1 fully saturated rings. The monoisotopic (exact) mass is 262 g/mol. The molecule has 2 nitrogen and oxygen atoms in total. The second-order valence-corrected chi connectivity index (χ2v) is 5.92. The van der Waals surface area contributed by atoms with Crippen LogP contribution in [-0.2, 0) is 12.5 Å². The van der Waals surface area contributed by atoms with E-state index >= 15 is 0 Å². The Morgan fingerprint density at radius 2 is 2.06 bits per heavy atom. The third-order valence-electron chi connectivity index (χ3n) is 4.52. The quantitative estimate of drug-likeness (QED) is 0.881. The summed E-state index contributed by atoms with van der Waals surface area (Å²) in [7, 11) is 2.06. The summed E-state index contributed by atoms with van der Waals surface area (Å²) in [6.45, 7) is 0.721. The first-order chi connectivity index (χ1) is 8.66. The zero-order valence-corrected chi connectivity index (χ0v) is 11.5. The predicted molar refractivity (Wildman–Crippen MR) is 77.1 cm³/mol. The molecule has 0 saturated heterocycles. The first-order valence-electron chi connectivity index (χ1n) is 6.61. The highest BCUT2D eigenvalue weighted by atomic mass is 35.5. The lowest BCUT2D eigenvalue weighted by Crippen LogP contribution is -2.32. The zero-order valence-electron chi connectivity index (χ0n) is 10.7. The van der Waals surface area contributed by atoms with Gasteiger partial charge in [0.05, 0.1) is 5.02 Å². The van der Waals surface area contributed by atoms with Crippen LogP contribution in [0.25, 0.3) is 10.9 Å². The van der Waals surface area contributed by atoms with Crippen LogP contribution < -0.4 is 5.73 Å². The number of halogens is 1. The summed E-state index contributed by atoms with van der Waals surface area (Å²) in [4.78, 5) is 0. The molecule has 0 aliphatic heterocycles. The van der Waals surface area contributed by atoms with Gasteiger partial charge in [-0.25, -0.2) is 0 Å². The molecule has 0 radical (unpaired) electrons. The van der Waals surface area contributed by atoms with Gasteiger partial charge >= 0.3 is 0 Å². The number of hydrogen-bond donors (Lipinski definition) is 1. The SMILES string of the molecule is Cn1ccc2c(Cl)cc(C3(CN)CCCC3)cc21. The molecule has 1 saturated carbocycles. The molecule has 1 aromatic heterocycles. The summed E-state index contributed by atoms with van der Waals surface area (Å²) in [6.07, 6.45) is 7.00. The minimum Gasteiger partial charge on any atom is -0.350 e. The van der Waals surface area contributed by atoms with Crippen LogP contribution in [0.15, 0.2) is 24.4 Å². The van der Waals surface area contributed by atoms with Crippen molar-refractivity contribution in [2.24, 2.45) is 12.8 Å². The fraction of sp³-hybridized carbons (Fsp3) is 0.467. The Hall–Kier alpha value is -0.990. The topological polar surface area (TPSA) is 30.9 Å². The summed E-state index contributed by atoms with van der Waals surface area (Å²) in [6, 6.07) is 6.48. The van der Waals surface area contributed by atoms with E-state index in [2.05, 4.69) is 36.0 Å². The van der Waals surface area contributed by atoms with E-state index in [0.717, 1.165) is 17.0 Å². The molecule has 1 aliphatic rings. The van der Waals surface area contributed by atoms with Gasteiger partial charge in [-0.2, -0.15) is 0 Å². The van der Waals surface area contributed by atoms with E-state index in [1.54, 1.807) is 0 Å². The third-order valence-corrected chi connectivity index (χ3v) is 4.83. The number of nitrogens with zero attached hydrogens (tertiary/aromatic N) is 1. The van der Waals surface area contributed by atoms with Crippen molar-refractivity contribution in [3.05, 3.63) is 35.0 Å². The second-order valence-electron chi connectivity index (χ2n) is 5.51. The number of fused-ring (bicyclic) bond motifs is 1. The smallest absolute Gasteiger partial charge is 0.0502 e. The van der Waals surface area contributed by atoms with Gasteiger partial charge in [0.2, 0.25) is 0 Å². The van der Waals surface area contributed by atoms with Gasteiger partial charge in [0, 0.05) is 36.1 Å². The lowest BCUT2D eigenvalue weighted by atomic mass is 9.79. The van der Waals surface area contributed by atoms with Crippen LogP contribution in [0.4, 0.5) is 0 Å². The minimum absolute atomic E-state index is 0.155. The van der Waals surface area contributed by atoms with Gasteiger partial charge in [-0.3, -0.25) is 0 Å². The van der Waals surface area contributed by atoms with Crippen LogP contribution in [0.3, 0.4) is 0 Å². The maximum atomic E-state index is 6.42. The molecule has 3 rings (SSSR count). The summed E-state index contributed by atoms with van der Waals surface area (Å²) >= 11 is 6.42.